The predicted molar refractivity (Wildman–Crippen MR) is 77.7 cm³/mol. The van der Waals surface area contributed by atoms with Gasteiger partial charge in [-0.15, -0.1) is 0 Å². The molecule has 18 heavy (non-hydrogen) atoms. The van der Waals surface area contributed by atoms with Crippen LogP contribution in [0.1, 0.15) is 68.7 Å². The van der Waals surface area contributed by atoms with E-state index in [1.54, 1.807) is 0 Å². The van der Waals surface area contributed by atoms with Crippen LogP contribution in [-0.4, -0.2) is 18.0 Å². The van der Waals surface area contributed by atoms with Crippen LogP contribution in [0, 0.1) is 16.7 Å². The van der Waals surface area contributed by atoms with Gasteiger partial charge in [-0.3, -0.25) is 4.79 Å². The van der Waals surface area contributed by atoms with Gasteiger partial charge < -0.3 is 4.74 Å². The number of carbonyl (C=O) groups is 1. The summed E-state index contributed by atoms with van der Waals surface area (Å²) in [6.45, 7) is 19.1. The van der Waals surface area contributed by atoms with Gasteiger partial charge in [-0.05, 0) is 32.6 Å². The van der Waals surface area contributed by atoms with E-state index in [1.807, 2.05) is 41.5 Å². The highest BCUT2D eigenvalue weighted by Gasteiger charge is 2.33. The Kier molecular flexibility index (Phi) is 5.61. The summed E-state index contributed by atoms with van der Waals surface area (Å²) in [6.07, 6.45) is 0.874. The standard InChI is InChI=1S/C16H32O2/c1-14(2,3)10-12(11-18-16(7,8)9)13(17)15(4,5)6/h12H,10-11H2,1-9H3/t12-/m0/s1. The van der Waals surface area contributed by atoms with Gasteiger partial charge in [0.25, 0.3) is 0 Å². The smallest absolute Gasteiger partial charge is 0.143 e. The Bertz CT molecular complexity index is 271. The van der Waals surface area contributed by atoms with E-state index >= 15 is 0 Å². The minimum Gasteiger partial charge on any atom is -0.375 e. The minimum atomic E-state index is -0.294. The third-order valence-corrected chi connectivity index (χ3v) is 2.69. The molecule has 0 fully saturated rings. The number of carbonyl (C=O) groups excluding carboxylic acids is 1. The molecule has 0 aromatic rings. The molecule has 0 unspecified atom stereocenters. The first-order valence-corrected chi connectivity index (χ1v) is 6.91. The molecule has 0 rings (SSSR count). The fraction of sp³-hybridized carbons (Fsp3) is 0.938. The number of hydrogen-bond acceptors (Lipinski definition) is 2. The van der Waals surface area contributed by atoms with E-state index < -0.39 is 0 Å². The summed E-state index contributed by atoms with van der Waals surface area (Å²) >= 11 is 0. The highest BCUT2D eigenvalue weighted by atomic mass is 16.5. The average molecular weight is 256 g/mol. The molecule has 0 aliphatic rings. The van der Waals surface area contributed by atoms with Gasteiger partial charge in [0.1, 0.15) is 5.78 Å². The molecule has 1 atom stereocenters. The second-order valence-electron chi connectivity index (χ2n) is 8.50. The first-order valence-electron chi connectivity index (χ1n) is 6.91. The highest BCUT2D eigenvalue weighted by Crippen LogP contribution is 2.31. The van der Waals surface area contributed by atoms with E-state index in [0.717, 1.165) is 6.42 Å². The Labute approximate surface area is 113 Å². The number of ketones is 1. The van der Waals surface area contributed by atoms with E-state index in [9.17, 15) is 4.79 Å². The number of Topliss-reactive ketones (excluding diaryl/α,β-unsaturated/α-hetero) is 1. The molecule has 0 spiro atoms. The van der Waals surface area contributed by atoms with Crippen molar-refractivity contribution in [1.29, 1.82) is 0 Å². The number of ether oxygens (including phenoxy) is 1. The van der Waals surface area contributed by atoms with Crippen molar-refractivity contribution in [3.63, 3.8) is 0 Å². The average Bonchev–Trinajstić information content (AvgIpc) is 2.06. The van der Waals surface area contributed by atoms with Crippen LogP contribution in [0.3, 0.4) is 0 Å². The predicted octanol–water partition coefficient (Wildman–Crippen LogP) is 4.47. The molecule has 0 saturated heterocycles. The maximum atomic E-state index is 12.5. The summed E-state index contributed by atoms with van der Waals surface area (Å²) in [4.78, 5) is 12.5. The second kappa shape index (κ2) is 5.73. The summed E-state index contributed by atoms with van der Waals surface area (Å²) < 4.78 is 5.83. The topological polar surface area (TPSA) is 26.3 Å². The quantitative estimate of drug-likeness (QED) is 0.742. The van der Waals surface area contributed by atoms with Crippen LogP contribution in [0.2, 0.25) is 0 Å². The van der Waals surface area contributed by atoms with E-state index in [2.05, 4.69) is 20.8 Å². The van der Waals surface area contributed by atoms with Crippen LogP contribution in [-0.2, 0) is 9.53 Å². The molecule has 0 aromatic carbocycles. The van der Waals surface area contributed by atoms with Crippen LogP contribution in [0.15, 0.2) is 0 Å². The van der Waals surface area contributed by atoms with Crippen LogP contribution >= 0.6 is 0 Å². The largest absolute Gasteiger partial charge is 0.375 e. The molecule has 0 aliphatic carbocycles. The van der Waals surface area contributed by atoms with Gasteiger partial charge in [-0.25, -0.2) is 0 Å². The van der Waals surface area contributed by atoms with Crippen LogP contribution < -0.4 is 0 Å². The van der Waals surface area contributed by atoms with E-state index in [0.29, 0.717) is 12.4 Å². The maximum absolute atomic E-state index is 12.5. The maximum Gasteiger partial charge on any atom is 0.143 e. The molecular formula is C16H32O2. The van der Waals surface area contributed by atoms with Gasteiger partial charge in [-0.1, -0.05) is 41.5 Å². The third-order valence-electron chi connectivity index (χ3n) is 2.69. The lowest BCUT2D eigenvalue weighted by atomic mass is 9.76. The fourth-order valence-electron chi connectivity index (χ4n) is 1.93. The van der Waals surface area contributed by atoms with Crippen molar-refractivity contribution in [3.8, 4) is 0 Å². The number of hydrogen-bond donors (Lipinski definition) is 0. The lowest BCUT2D eigenvalue weighted by molar-refractivity contribution is -0.136. The molecule has 2 heteroatoms. The Morgan fingerprint density at radius 3 is 1.67 bits per heavy atom. The minimum absolute atomic E-state index is 0.00998. The number of rotatable bonds is 4. The van der Waals surface area contributed by atoms with Crippen molar-refractivity contribution in [2.24, 2.45) is 16.7 Å². The lowest BCUT2D eigenvalue weighted by Gasteiger charge is -2.32. The Hall–Kier alpha value is -0.370. The third kappa shape index (κ3) is 7.86. The monoisotopic (exact) mass is 256 g/mol. The van der Waals surface area contributed by atoms with Gasteiger partial charge in [0.2, 0.25) is 0 Å². The summed E-state index contributed by atoms with van der Waals surface area (Å²) in [6, 6.07) is 0. The van der Waals surface area contributed by atoms with Gasteiger partial charge in [0.05, 0.1) is 12.2 Å². The summed E-state index contributed by atoms with van der Waals surface area (Å²) in [5.74, 6) is 0.297. The molecule has 0 aliphatic heterocycles. The molecule has 0 aromatic heterocycles. The zero-order valence-corrected chi connectivity index (χ0v) is 13.8. The molecule has 0 amide bonds. The van der Waals surface area contributed by atoms with E-state index in [-0.39, 0.29) is 22.3 Å². The Balaban J connectivity index is 4.80. The van der Waals surface area contributed by atoms with Crippen LogP contribution in [0.5, 0.6) is 0 Å². The van der Waals surface area contributed by atoms with Gasteiger partial charge in [-0.2, -0.15) is 0 Å². The van der Waals surface area contributed by atoms with Crippen molar-refractivity contribution < 1.29 is 9.53 Å². The SMILES string of the molecule is CC(C)(C)C[C@@H](COC(C)(C)C)C(=O)C(C)(C)C. The zero-order chi connectivity index (χ0) is 14.8. The summed E-state index contributed by atoms with van der Waals surface area (Å²) in [5, 5.41) is 0. The normalized spacial score (nSPS) is 15.6. The summed E-state index contributed by atoms with van der Waals surface area (Å²) in [7, 11) is 0. The molecule has 0 radical (unpaired) electrons. The van der Waals surface area contributed by atoms with E-state index in [4.69, 9.17) is 4.74 Å². The molecular weight excluding hydrogens is 224 g/mol. The molecule has 2 nitrogen and oxygen atoms in total. The fourth-order valence-corrected chi connectivity index (χ4v) is 1.93. The molecule has 0 bridgehead atoms. The Morgan fingerprint density at radius 1 is 0.944 bits per heavy atom. The zero-order valence-electron chi connectivity index (χ0n) is 13.8. The lowest BCUT2D eigenvalue weighted by Crippen LogP contribution is -2.36. The van der Waals surface area contributed by atoms with Gasteiger partial charge in [0, 0.05) is 11.3 Å². The molecule has 108 valence electrons. The van der Waals surface area contributed by atoms with Crippen LogP contribution in [0.25, 0.3) is 0 Å². The summed E-state index contributed by atoms with van der Waals surface area (Å²) in [5.41, 5.74) is -0.335. The molecule has 0 saturated carbocycles. The van der Waals surface area contributed by atoms with Crippen molar-refractivity contribution in [1.82, 2.24) is 0 Å². The van der Waals surface area contributed by atoms with Gasteiger partial charge in [0.15, 0.2) is 0 Å². The first-order chi connectivity index (χ1) is 7.72. The van der Waals surface area contributed by atoms with Crippen molar-refractivity contribution in [2.45, 2.75) is 74.3 Å². The molecule has 0 heterocycles. The molecule has 0 N–H and O–H groups in total. The van der Waals surface area contributed by atoms with Gasteiger partial charge >= 0.3 is 0 Å². The van der Waals surface area contributed by atoms with E-state index in [1.165, 1.54) is 0 Å². The van der Waals surface area contributed by atoms with Crippen molar-refractivity contribution >= 4 is 5.78 Å². The second-order valence-corrected chi connectivity index (χ2v) is 8.50. The highest BCUT2D eigenvalue weighted by molar-refractivity contribution is 5.86. The van der Waals surface area contributed by atoms with Crippen LogP contribution in [0.4, 0.5) is 0 Å². The Morgan fingerprint density at radius 2 is 1.39 bits per heavy atom. The first kappa shape index (κ1) is 17.6. The van der Waals surface area contributed by atoms with Crippen molar-refractivity contribution in [3.05, 3.63) is 0 Å². The van der Waals surface area contributed by atoms with Crippen molar-refractivity contribution in [2.75, 3.05) is 6.61 Å².